The van der Waals surface area contributed by atoms with Gasteiger partial charge in [-0.05, 0) is 43.2 Å². The van der Waals surface area contributed by atoms with E-state index in [4.69, 9.17) is 4.99 Å². The Bertz CT molecular complexity index is 1220. The van der Waals surface area contributed by atoms with Crippen LogP contribution in [0.1, 0.15) is 38.2 Å². The summed E-state index contributed by atoms with van der Waals surface area (Å²) < 4.78 is 0. The number of aromatic nitrogens is 4. The monoisotopic (exact) mass is 458 g/mol. The number of hydrogen-bond donors (Lipinski definition) is 3. The molecule has 3 amide bonds. The molecular weight excluding hydrogens is 432 g/mol. The molecule has 0 spiro atoms. The molecule has 0 saturated heterocycles. The summed E-state index contributed by atoms with van der Waals surface area (Å²) in [7, 11) is 0. The van der Waals surface area contributed by atoms with Gasteiger partial charge < -0.3 is 15.5 Å². The lowest BCUT2D eigenvalue weighted by Gasteiger charge is -2.37. The SMILES string of the molecule is CCN1C(=O)C(NC(=O)Nc2cccc(-c3nn[nH]n3)c2)(C2CCCC2)N=Cc2ccccc21. The second-order valence-corrected chi connectivity index (χ2v) is 8.51. The zero-order valence-corrected chi connectivity index (χ0v) is 18.9. The number of benzene rings is 2. The second-order valence-electron chi connectivity index (χ2n) is 8.51. The molecule has 0 bridgehead atoms. The lowest BCUT2D eigenvalue weighted by Crippen LogP contribution is -2.62. The third kappa shape index (κ3) is 3.91. The van der Waals surface area contributed by atoms with Crippen molar-refractivity contribution < 1.29 is 9.59 Å². The van der Waals surface area contributed by atoms with E-state index in [9.17, 15) is 9.59 Å². The summed E-state index contributed by atoms with van der Waals surface area (Å²) in [4.78, 5) is 33.7. The first-order valence-electron chi connectivity index (χ1n) is 11.5. The average molecular weight is 459 g/mol. The Morgan fingerprint density at radius 1 is 1.18 bits per heavy atom. The first kappa shape index (κ1) is 21.7. The molecule has 1 aromatic heterocycles. The van der Waals surface area contributed by atoms with Crippen molar-refractivity contribution in [3.63, 3.8) is 0 Å². The molecule has 2 aliphatic rings. The van der Waals surface area contributed by atoms with Gasteiger partial charge in [-0.2, -0.15) is 5.21 Å². The van der Waals surface area contributed by atoms with Crippen molar-refractivity contribution in [1.82, 2.24) is 25.9 Å². The molecule has 10 heteroatoms. The number of para-hydroxylation sites is 1. The van der Waals surface area contributed by atoms with E-state index in [2.05, 4.69) is 31.3 Å². The van der Waals surface area contributed by atoms with Gasteiger partial charge in [0, 0.05) is 35.5 Å². The highest BCUT2D eigenvalue weighted by Crippen LogP contribution is 2.39. The highest BCUT2D eigenvalue weighted by Gasteiger charge is 2.50. The third-order valence-electron chi connectivity index (χ3n) is 6.50. The van der Waals surface area contributed by atoms with Crippen molar-refractivity contribution in [2.75, 3.05) is 16.8 Å². The number of tetrazole rings is 1. The molecule has 1 aliphatic heterocycles. The van der Waals surface area contributed by atoms with Crippen LogP contribution in [-0.4, -0.2) is 51.0 Å². The molecule has 2 aromatic carbocycles. The van der Waals surface area contributed by atoms with Crippen LogP contribution in [0.4, 0.5) is 16.2 Å². The molecule has 3 aromatic rings. The number of likely N-dealkylation sites (N-methyl/N-ethyl adjacent to an activating group) is 1. The van der Waals surface area contributed by atoms with Crippen molar-refractivity contribution in [3.05, 3.63) is 54.1 Å². The van der Waals surface area contributed by atoms with E-state index in [1.54, 1.807) is 29.3 Å². The summed E-state index contributed by atoms with van der Waals surface area (Å²) in [5.74, 6) is 0.126. The maximum Gasteiger partial charge on any atom is 0.321 e. The molecule has 1 saturated carbocycles. The van der Waals surface area contributed by atoms with Gasteiger partial charge in [-0.15, -0.1) is 10.2 Å². The van der Waals surface area contributed by atoms with Gasteiger partial charge in [0.25, 0.3) is 5.91 Å². The summed E-state index contributed by atoms with van der Waals surface area (Å²) in [5.41, 5.74) is 1.53. The maximum absolute atomic E-state index is 14.0. The second kappa shape index (κ2) is 9.05. The number of carbonyl (C=O) groups is 2. The van der Waals surface area contributed by atoms with Crippen molar-refractivity contribution in [2.45, 2.75) is 38.3 Å². The molecule has 1 atom stereocenters. The molecule has 174 valence electrons. The van der Waals surface area contributed by atoms with Gasteiger partial charge in [-0.3, -0.25) is 9.79 Å². The van der Waals surface area contributed by atoms with Crippen molar-refractivity contribution in [2.24, 2.45) is 10.9 Å². The minimum atomic E-state index is -1.37. The number of hydrogen-bond acceptors (Lipinski definition) is 6. The van der Waals surface area contributed by atoms with Gasteiger partial charge in [0.2, 0.25) is 11.5 Å². The van der Waals surface area contributed by atoms with Crippen LogP contribution in [0, 0.1) is 5.92 Å². The molecule has 34 heavy (non-hydrogen) atoms. The Kier molecular flexibility index (Phi) is 5.79. The smallest absolute Gasteiger partial charge is 0.308 e. The fourth-order valence-corrected chi connectivity index (χ4v) is 4.87. The fourth-order valence-electron chi connectivity index (χ4n) is 4.87. The molecule has 3 N–H and O–H groups in total. The van der Waals surface area contributed by atoms with E-state index in [0.717, 1.165) is 36.9 Å². The van der Waals surface area contributed by atoms with Gasteiger partial charge >= 0.3 is 6.03 Å². The number of H-pyrrole nitrogens is 1. The molecule has 1 aliphatic carbocycles. The Morgan fingerprint density at radius 3 is 2.76 bits per heavy atom. The minimum Gasteiger partial charge on any atom is -0.308 e. The summed E-state index contributed by atoms with van der Waals surface area (Å²) in [6, 6.07) is 14.3. The number of anilines is 2. The van der Waals surface area contributed by atoms with E-state index in [1.807, 2.05) is 37.3 Å². The van der Waals surface area contributed by atoms with Crippen LogP contribution in [0.5, 0.6) is 0 Å². The number of carbonyl (C=O) groups excluding carboxylic acids is 2. The summed E-state index contributed by atoms with van der Waals surface area (Å²) in [5, 5.41) is 19.8. The minimum absolute atomic E-state index is 0.0870. The Balaban J connectivity index is 1.46. The highest BCUT2D eigenvalue weighted by atomic mass is 16.2. The summed E-state index contributed by atoms with van der Waals surface area (Å²) in [6.45, 7) is 2.41. The molecule has 0 radical (unpaired) electrons. The largest absolute Gasteiger partial charge is 0.321 e. The number of benzodiazepines with no additional fused rings is 1. The molecule has 1 unspecified atom stereocenters. The fraction of sp³-hybridized carbons (Fsp3) is 0.333. The first-order valence-corrected chi connectivity index (χ1v) is 11.5. The number of nitrogens with zero attached hydrogens (tertiary/aromatic N) is 5. The molecule has 2 heterocycles. The van der Waals surface area contributed by atoms with Crippen LogP contribution in [0.15, 0.2) is 53.5 Å². The van der Waals surface area contributed by atoms with E-state index < -0.39 is 11.7 Å². The van der Waals surface area contributed by atoms with Crippen molar-refractivity contribution >= 4 is 29.5 Å². The molecule has 10 nitrogen and oxygen atoms in total. The zero-order chi connectivity index (χ0) is 23.5. The molecule has 1 fully saturated rings. The number of amides is 3. The molecule has 5 rings (SSSR count). The van der Waals surface area contributed by atoms with Crippen LogP contribution < -0.4 is 15.5 Å². The van der Waals surface area contributed by atoms with Crippen molar-refractivity contribution in [3.8, 4) is 11.4 Å². The Hall–Kier alpha value is -4.08. The van der Waals surface area contributed by atoms with E-state index >= 15 is 0 Å². The summed E-state index contributed by atoms with van der Waals surface area (Å²) in [6.07, 6.45) is 5.38. The lowest BCUT2D eigenvalue weighted by atomic mass is 9.89. The van der Waals surface area contributed by atoms with Crippen LogP contribution >= 0.6 is 0 Å². The number of aliphatic imine (C=N–C) groups is 1. The lowest BCUT2D eigenvalue weighted by molar-refractivity contribution is -0.126. The predicted octanol–water partition coefficient (Wildman–Crippen LogP) is 3.36. The van der Waals surface area contributed by atoms with Crippen LogP contribution in [0.3, 0.4) is 0 Å². The Morgan fingerprint density at radius 2 is 2.00 bits per heavy atom. The number of urea groups is 1. The third-order valence-corrected chi connectivity index (χ3v) is 6.50. The number of aromatic amines is 1. The Labute approximate surface area is 196 Å². The van der Waals surface area contributed by atoms with Gasteiger partial charge in [-0.25, -0.2) is 4.79 Å². The zero-order valence-electron chi connectivity index (χ0n) is 18.9. The average Bonchev–Trinajstić information content (AvgIpc) is 3.56. The quantitative estimate of drug-likeness (QED) is 0.540. The number of nitrogens with one attached hydrogen (secondary N) is 3. The van der Waals surface area contributed by atoms with Crippen LogP contribution in [0.25, 0.3) is 11.4 Å². The van der Waals surface area contributed by atoms with Crippen LogP contribution in [-0.2, 0) is 4.79 Å². The van der Waals surface area contributed by atoms with E-state index in [-0.39, 0.29) is 11.8 Å². The van der Waals surface area contributed by atoms with E-state index in [0.29, 0.717) is 23.6 Å². The van der Waals surface area contributed by atoms with Gasteiger partial charge in [0.1, 0.15) is 0 Å². The number of fused-ring (bicyclic) bond motifs is 1. The summed E-state index contributed by atoms with van der Waals surface area (Å²) >= 11 is 0. The first-order chi connectivity index (χ1) is 16.6. The topological polar surface area (TPSA) is 128 Å². The predicted molar refractivity (Wildman–Crippen MR) is 129 cm³/mol. The van der Waals surface area contributed by atoms with Gasteiger partial charge in [0.05, 0.1) is 5.69 Å². The van der Waals surface area contributed by atoms with Crippen molar-refractivity contribution in [1.29, 1.82) is 0 Å². The number of rotatable bonds is 5. The maximum atomic E-state index is 14.0. The highest BCUT2D eigenvalue weighted by molar-refractivity contribution is 6.09. The standard InChI is InChI=1S/C24H26N8O2/c1-2-32-20-13-6-3-8-17(20)15-25-24(22(32)33,18-10-4-5-11-18)27-23(34)26-19-12-7-9-16(14-19)21-28-30-31-29-21/h3,6-9,12-15,18H,2,4-5,10-11H2,1H3,(H2,26,27,34)(H,28,29,30,31). The van der Waals surface area contributed by atoms with Crippen LogP contribution in [0.2, 0.25) is 0 Å². The molecular formula is C24H26N8O2. The van der Waals surface area contributed by atoms with Gasteiger partial charge in [-0.1, -0.05) is 43.2 Å². The van der Waals surface area contributed by atoms with E-state index in [1.165, 1.54) is 0 Å². The van der Waals surface area contributed by atoms with Gasteiger partial charge in [0.15, 0.2) is 0 Å². The normalized spacial score (nSPS) is 20.1.